The minimum Gasteiger partial charge on any atom is -0.493 e. The summed E-state index contributed by atoms with van der Waals surface area (Å²) in [7, 11) is 4.93. The SMILES string of the molecule is COc1cc(CN2CCCCC[C@H]2c2cc(-c3cccs3)on2)cc(OC)c1OC. The normalized spacial score (nSPS) is 17.5. The van der Waals surface area contributed by atoms with Gasteiger partial charge in [-0.15, -0.1) is 11.3 Å². The van der Waals surface area contributed by atoms with Crippen LogP contribution in [0.15, 0.2) is 40.2 Å². The third kappa shape index (κ3) is 4.32. The molecule has 0 spiro atoms. The minimum atomic E-state index is 0.226. The molecule has 3 aromatic rings. The van der Waals surface area contributed by atoms with Gasteiger partial charge in [0.1, 0.15) is 5.69 Å². The number of methoxy groups -OCH3 is 3. The zero-order chi connectivity index (χ0) is 20.9. The highest BCUT2D eigenvalue weighted by Crippen LogP contribution is 2.40. The molecular formula is C23H28N2O4S. The Kier molecular flexibility index (Phi) is 6.59. The monoisotopic (exact) mass is 428 g/mol. The second-order valence-corrected chi connectivity index (χ2v) is 8.41. The maximum Gasteiger partial charge on any atom is 0.203 e. The number of benzene rings is 1. The average Bonchev–Trinajstić information content (AvgIpc) is 3.42. The summed E-state index contributed by atoms with van der Waals surface area (Å²) < 4.78 is 22.2. The second-order valence-electron chi connectivity index (χ2n) is 7.46. The maximum absolute atomic E-state index is 5.68. The van der Waals surface area contributed by atoms with Gasteiger partial charge in [-0.2, -0.15) is 0 Å². The van der Waals surface area contributed by atoms with Crippen molar-refractivity contribution < 1.29 is 18.7 Å². The van der Waals surface area contributed by atoms with Crippen molar-refractivity contribution in [1.29, 1.82) is 0 Å². The van der Waals surface area contributed by atoms with Crippen LogP contribution in [0.25, 0.3) is 10.6 Å². The molecule has 0 amide bonds. The van der Waals surface area contributed by atoms with Crippen molar-refractivity contribution >= 4 is 11.3 Å². The van der Waals surface area contributed by atoms with Crippen LogP contribution in [0.4, 0.5) is 0 Å². The molecule has 1 saturated heterocycles. The van der Waals surface area contributed by atoms with E-state index in [2.05, 4.69) is 27.6 Å². The molecule has 1 aliphatic heterocycles. The van der Waals surface area contributed by atoms with Crippen molar-refractivity contribution in [2.24, 2.45) is 0 Å². The van der Waals surface area contributed by atoms with Gasteiger partial charge >= 0.3 is 0 Å². The zero-order valence-corrected chi connectivity index (χ0v) is 18.5. The van der Waals surface area contributed by atoms with Crippen molar-refractivity contribution in [2.75, 3.05) is 27.9 Å². The molecule has 1 aliphatic rings. The van der Waals surface area contributed by atoms with E-state index >= 15 is 0 Å². The molecule has 1 fully saturated rings. The Morgan fingerprint density at radius 2 is 1.87 bits per heavy atom. The summed E-state index contributed by atoms with van der Waals surface area (Å²) in [6.07, 6.45) is 4.67. The highest BCUT2D eigenvalue weighted by Gasteiger charge is 2.27. The van der Waals surface area contributed by atoms with Gasteiger partial charge in [0.15, 0.2) is 17.3 Å². The van der Waals surface area contributed by atoms with E-state index < -0.39 is 0 Å². The van der Waals surface area contributed by atoms with E-state index in [9.17, 15) is 0 Å². The fraction of sp³-hybridized carbons (Fsp3) is 0.435. The number of thiophene rings is 1. The molecule has 4 rings (SSSR count). The average molecular weight is 429 g/mol. The van der Waals surface area contributed by atoms with Crippen molar-refractivity contribution in [2.45, 2.75) is 38.3 Å². The van der Waals surface area contributed by atoms with Gasteiger partial charge in [-0.1, -0.05) is 24.1 Å². The first-order valence-electron chi connectivity index (χ1n) is 10.3. The second kappa shape index (κ2) is 9.53. The molecule has 0 N–H and O–H groups in total. The van der Waals surface area contributed by atoms with Crippen LogP contribution in [-0.2, 0) is 6.54 Å². The third-order valence-corrected chi connectivity index (χ3v) is 6.49. The first kappa shape index (κ1) is 20.8. The zero-order valence-electron chi connectivity index (χ0n) is 17.7. The Hall–Kier alpha value is -2.51. The van der Waals surface area contributed by atoms with Crippen LogP contribution in [0.5, 0.6) is 17.2 Å². The van der Waals surface area contributed by atoms with E-state index in [1.54, 1.807) is 32.7 Å². The summed E-state index contributed by atoms with van der Waals surface area (Å²) in [4.78, 5) is 3.60. The van der Waals surface area contributed by atoms with Crippen LogP contribution in [0.2, 0.25) is 0 Å². The van der Waals surface area contributed by atoms with Gasteiger partial charge in [-0.25, -0.2) is 0 Å². The first-order chi connectivity index (χ1) is 14.7. The minimum absolute atomic E-state index is 0.226. The van der Waals surface area contributed by atoms with Gasteiger partial charge in [0, 0.05) is 12.6 Å². The van der Waals surface area contributed by atoms with E-state index in [0.29, 0.717) is 17.2 Å². The molecule has 160 valence electrons. The Morgan fingerprint density at radius 3 is 2.53 bits per heavy atom. The lowest BCUT2D eigenvalue weighted by Crippen LogP contribution is -2.28. The van der Waals surface area contributed by atoms with Gasteiger partial charge < -0.3 is 18.7 Å². The largest absolute Gasteiger partial charge is 0.493 e. The maximum atomic E-state index is 5.68. The summed E-state index contributed by atoms with van der Waals surface area (Å²) >= 11 is 1.67. The highest BCUT2D eigenvalue weighted by atomic mass is 32.1. The fourth-order valence-corrected chi connectivity index (χ4v) is 4.81. The number of hydrogen-bond donors (Lipinski definition) is 0. The standard InChI is InChI=1S/C23H28N2O4S/c1-26-20-12-16(13-21(27-2)23(20)28-3)15-25-10-6-4-5-8-18(25)17-14-19(29-24-17)22-9-7-11-30-22/h7,9,11-14,18H,4-6,8,10,15H2,1-3H3/t18-/m0/s1. The third-order valence-electron chi connectivity index (χ3n) is 5.61. The molecule has 7 heteroatoms. The molecular weight excluding hydrogens is 400 g/mol. The molecule has 30 heavy (non-hydrogen) atoms. The molecule has 0 aliphatic carbocycles. The van der Waals surface area contributed by atoms with Crippen molar-refractivity contribution in [3.63, 3.8) is 0 Å². The molecule has 0 bridgehead atoms. The summed E-state index contributed by atoms with van der Waals surface area (Å²) in [6.45, 7) is 1.80. The molecule has 1 aromatic carbocycles. The topological polar surface area (TPSA) is 57.0 Å². The number of aromatic nitrogens is 1. The van der Waals surface area contributed by atoms with E-state index in [0.717, 1.165) is 41.4 Å². The molecule has 2 aromatic heterocycles. The predicted molar refractivity (Wildman–Crippen MR) is 118 cm³/mol. The van der Waals surface area contributed by atoms with Crippen molar-refractivity contribution in [3.8, 4) is 27.9 Å². The van der Waals surface area contributed by atoms with E-state index in [-0.39, 0.29) is 6.04 Å². The summed E-state index contributed by atoms with van der Waals surface area (Å²) in [5.74, 6) is 2.82. The smallest absolute Gasteiger partial charge is 0.203 e. The molecule has 3 heterocycles. The van der Waals surface area contributed by atoms with Gasteiger partial charge in [0.05, 0.1) is 32.2 Å². The fourth-order valence-electron chi connectivity index (χ4n) is 4.13. The predicted octanol–water partition coefficient (Wildman–Crippen LogP) is 5.55. The van der Waals surface area contributed by atoms with Crippen LogP contribution in [0.1, 0.15) is 43.0 Å². The lowest BCUT2D eigenvalue weighted by molar-refractivity contribution is 0.183. The Morgan fingerprint density at radius 1 is 1.07 bits per heavy atom. The van der Waals surface area contributed by atoms with Crippen molar-refractivity contribution in [1.82, 2.24) is 10.1 Å². The molecule has 0 unspecified atom stereocenters. The van der Waals surface area contributed by atoms with Gasteiger partial charge in [0.25, 0.3) is 0 Å². The molecule has 0 saturated carbocycles. The van der Waals surface area contributed by atoms with Crippen LogP contribution < -0.4 is 14.2 Å². The van der Waals surface area contributed by atoms with E-state index in [1.807, 2.05) is 18.2 Å². The number of ether oxygens (including phenoxy) is 3. The summed E-state index contributed by atoms with van der Waals surface area (Å²) in [5, 5.41) is 6.50. The highest BCUT2D eigenvalue weighted by molar-refractivity contribution is 7.13. The molecule has 0 radical (unpaired) electrons. The van der Waals surface area contributed by atoms with Gasteiger partial charge in [-0.05, 0) is 48.5 Å². The Labute approximate surface area is 181 Å². The van der Waals surface area contributed by atoms with Crippen LogP contribution >= 0.6 is 11.3 Å². The Balaban J connectivity index is 1.61. The lowest BCUT2D eigenvalue weighted by Gasteiger charge is -2.28. The van der Waals surface area contributed by atoms with Gasteiger partial charge in [0.2, 0.25) is 5.75 Å². The lowest BCUT2D eigenvalue weighted by atomic mass is 10.0. The van der Waals surface area contributed by atoms with Crippen LogP contribution in [0.3, 0.4) is 0 Å². The van der Waals surface area contributed by atoms with E-state index in [4.69, 9.17) is 18.7 Å². The quantitative estimate of drug-likeness (QED) is 0.492. The number of rotatable bonds is 7. The molecule has 1 atom stereocenters. The van der Waals surface area contributed by atoms with Gasteiger partial charge in [-0.3, -0.25) is 4.90 Å². The molecule has 6 nitrogen and oxygen atoms in total. The number of nitrogens with zero attached hydrogens (tertiary/aromatic N) is 2. The summed E-state index contributed by atoms with van der Waals surface area (Å²) in [5.41, 5.74) is 2.13. The van der Waals surface area contributed by atoms with Crippen LogP contribution in [0, 0.1) is 0 Å². The number of likely N-dealkylation sites (tertiary alicyclic amines) is 1. The number of hydrogen-bond acceptors (Lipinski definition) is 7. The first-order valence-corrected chi connectivity index (χ1v) is 11.1. The van der Waals surface area contributed by atoms with Crippen molar-refractivity contribution in [3.05, 3.63) is 47.0 Å². The van der Waals surface area contributed by atoms with E-state index in [1.165, 1.54) is 19.3 Å². The van der Waals surface area contributed by atoms with Crippen LogP contribution in [-0.4, -0.2) is 37.9 Å². The summed E-state index contributed by atoms with van der Waals surface area (Å²) in [6, 6.07) is 10.5. The Bertz CT molecular complexity index is 929.